The number of likely N-dealkylation sites (N-methyl/N-ethyl adjacent to an activating group) is 1. The summed E-state index contributed by atoms with van der Waals surface area (Å²) >= 11 is 0. The summed E-state index contributed by atoms with van der Waals surface area (Å²) in [5.74, 6) is 0. The summed E-state index contributed by atoms with van der Waals surface area (Å²) in [6.07, 6.45) is 3.81. The van der Waals surface area contributed by atoms with Gasteiger partial charge in [0.15, 0.2) is 0 Å². The average Bonchev–Trinajstić information content (AvgIpc) is 2.79. The van der Waals surface area contributed by atoms with E-state index in [1.807, 2.05) is 0 Å². The van der Waals surface area contributed by atoms with E-state index in [1.165, 1.54) is 44.5 Å². The van der Waals surface area contributed by atoms with Crippen LogP contribution in [0.15, 0.2) is 30.3 Å². The highest BCUT2D eigenvalue weighted by molar-refractivity contribution is 5.14. The Kier molecular flexibility index (Phi) is 5.02. The lowest BCUT2D eigenvalue weighted by atomic mass is 10.1. The lowest BCUT2D eigenvalue weighted by molar-refractivity contribution is 0.324. The molecule has 0 saturated carbocycles. The second-order valence-corrected chi connectivity index (χ2v) is 4.93. The van der Waals surface area contributed by atoms with Crippen LogP contribution in [0.2, 0.25) is 0 Å². The summed E-state index contributed by atoms with van der Waals surface area (Å²) in [4.78, 5) is 2.59. The lowest BCUT2D eigenvalue weighted by Crippen LogP contribution is -2.32. The molecule has 94 valence electrons. The first-order chi connectivity index (χ1) is 8.38. The van der Waals surface area contributed by atoms with Gasteiger partial charge in [-0.25, -0.2) is 0 Å². The summed E-state index contributed by atoms with van der Waals surface area (Å²) in [6, 6.07) is 11.5. The second-order valence-electron chi connectivity index (χ2n) is 4.93. The van der Waals surface area contributed by atoms with Crippen molar-refractivity contribution in [2.75, 3.05) is 26.2 Å². The normalized spacial score (nSPS) is 20.9. The maximum Gasteiger partial charge on any atom is 0.0207 e. The molecule has 1 aromatic rings. The first kappa shape index (κ1) is 12.6. The number of likely N-dealkylation sites (tertiary alicyclic amines) is 1. The van der Waals surface area contributed by atoms with E-state index in [0.717, 1.165) is 12.6 Å². The molecule has 1 saturated heterocycles. The van der Waals surface area contributed by atoms with Crippen LogP contribution >= 0.6 is 0 Å². The van der Waals surface area contributed by atoms with Gasteiger partial charge < -0.3 is 10.2 Å². The van der Waals surface area contributed by atoms with Crippen molar-refractivity contribution in [2.24, 2.45) is 0 Å². The predicted molar refractivity (Wildman–Crippen MR) is 73.3 cm³/mol. The van der Waals surface area contributed by atoms with E-state index < -0.39 is 0 Å². The summed E-state index contributed by atoms with van der Waals surface area (Å²) in [6.45, 7) is 7.05. The van der Waals surface area contributed by atoms with E-state index in [1.54, 1.807) is 0 Å². The molecule has 0 bridgehead atoms. The zero-order chi connectivity index (χ0) is 11.9. The number of aryl methyl sites for hydroxylation is 1. The molecule has 1 N–H and O–H groups in total. The molecule has 0 spiro atoms. The molecule has 1 fully saturated rings. The fraction of sp³-hybridized carbons (Fsp3) is 0.600. The highest BCUT2D eigenvalue weighted by atomic mass is 15.2. The number of nitrogens with one attached hydrogen (secondary N) is 1. The zero-order valence-corrected chi connectivity index (χ0v) is 10.9. The van der Waals surface area contributed by atoms with Gasteiger partial charge in [0.25, 0.3) is 0 Å². The van der Waals surface area contributed by atoms with Crippen molar-refractivity contribution in [3.8, 4) is 0 Å². The number of hydrogen-bond donors (Lipinski definition) is 1. The van der Waals surface area contributed by atoms with Crippen LogP contribution in [-0.2, 0) is 6.42 Å². The molecule has 0 aromatic heterocycles. The lowest BCUT2D eigenvalue weighted by Gasteiger charge is -2.16. The van der Waals surface area contributed by atoms with Gasteiger partial charge in [0.2, 0.25) is 0 Å². The van der Waals surface area contributed by atoms with E-state index in [9.17, 15) is 0 Å². The Morgan fingerprint density at radius 1 is 1.29 bits per heavy atom. The van der Waals surface area contributed by atoms with Crippen molar-refractivity contribution in [3.63, 3.8) is 0 Å². The Balaban J connectivity index is 1.63. The molecule has 1 aromatic carbocycles. The maximum atomic E-state index is 3.54. The van der Waals surface area contributed by atoms with Crippen LogP contribution < -0.4 is 5.32 Å². The van der Waals surface area contributed by atoms with E-state index >= 15 is 0 Å². The maximum absolute atomic E-state index is 3.54. The molecule has 1 unspecified atom stereocenters. The molecule has 0 radical (unpaired) electrons. The second kappa shape index (κ2) is 6.77. The topological polar surface area (TPSA) is 15.3 Å². The standard InChI is InChI=1S/C15H24N2/c1-2-16-15-10-12-17(13-15)11-6-9-14-7-4-3-5-8-14/h3-5,7-8,15-16H,2,6,9-13H2,1H3. The van der Waals surface area contributed by atoms with Crippen molar-refractivity contribution in [1.82, 2.24) is 10.2 Å². The van der Waals surface area contributed by atoms with Gasteiger partial charge in [0, 0.05) is 12.6 Å². The summed E-state index contributed by atoms with van der Waals surface area (Å²) < 4.78 is 0. The highest BCUT2D eigenvalue weighted by Crippen LogP contribution is 2.10. The molecular weight excluding hydrogens is 208 g/mol. The molecule has 2 nitrogen and oxygen atoms in total. The first-order valence-electron chi connectivity index (χ1n) is 6.88. The Hall–Kier alpha value is -0.860. The Labute approximate surface area is 105 Å². The number of benzene rings is 1. The van der Waals surface area contributed by atoms with Gasteiger partial charge in [-0.1, -0.05) is 37.3 Å². The third-order valence-electron chi connectivity index (χ3n) is 3.55. The fourth-order valence-electron chi connectivity index (χ4n) is 2.64. The average molecular weight is 232 g/mol. The minimum atomic E-state index is 0.733. The van der Waals surface area contributed by atoms with Gasteiger partial charge in [-0.3, -0.25) is 0 Å². The van der Waals surface area contributed by atoms with Crippen molar-refractivity contribution >= 4 is 0 Å². The number of hydrogen-bond acceptors (Lipinski definition) is 2. The van der Waals surface area contributed by atoms with Crippen LogP contribution in [0.5, 0.6) is 0 Å². The van der Waals surface area contributed by atoms with Gasteiger partial charge in [-0.2, -0.15) is 0 Å². The molecule has 0 aliphatic carbocycles. The molecule has 1 aliphatic heterocycles. The number of rotatable bonds is 6. The molecule has 17 heavy (non-hydrogen) atoms. The Bertz CT molecular complexity index is 310. The van der Waals surface area contributed by atoms with E-state index in [4.69, 9.17) is 0 Å². The quantitative estimate of drug-likeness (QED) is 0.809. The van der Waals surface area contributed by atoms with Crippen LogP contribution in [0.1, 0.15) is 25.3 Å². The summed E-state index contributed by atoms with van der Waals surface area (Å²) in [5, 5.41) is 3.54. The summed E-state index contributed by atoms with van der Waals surface area (Å²) in [5.41, 5.74) is 1.47. The molecule has 1 atom stereocenters. The van der Waals surface area contributed by atoms with E-state index in [-0.39, 0.29) is 0 Å². The van der Waals surface area contributed by atoms with Crippen molar-refractivity contribution < 1.29 is 0 Å². The highest BCUT2D eigenvalue weighted by Gasteiger charge is 2.20. The Morgan fingerprint density at radius 3 is 2.88 bits per heavy atom. The smallest absolute Gasteiger partial charge is 0.0207 e. The minimum Gasteiger partial charge on any atom is -0.313 e. The third kappa shape index (κ3) is 4.14. The van der Waals surface area contributed by atoms with Crippen LogP contribution in [-0.4, -0.2) is 37.1 Å². The van der Waals surface area contributed by atoms with E-state index in [0.29, 0.717) is 0 Å². The zero-order valence-electron chi connectivity index (χ0n) is 10.9. The molecule has 1 aliphatic rings. The van der Waals surface area contributed by atoms with Gasteiger partial charge in [-0.05, 0) is 44.5 Å². The summed E-state index contributed by atoms with van der Waals surface area (Å²) in [7, 11) is 0. The van der Waals surface area contributed by atoms with Gasteiger partial charge in [-0.15, -0.1) is 0 Å². The molecule has 2 heteroatoms. The fourth-order valence-corrected chi connectivity index (χ4v) is 2.64. The van der Waals surface area contributed by atoms with Crippen LogP contribution in [0.4, 0.5) is 0 Å². The van der Waals surface area contributed by atoms with Gasteiger partial charge in [0.05, 0.1) is 0 Å². The van der Waals surface area contributed by atoms with Crippen molar-refractivity contribution in [2.45, 2.75) is 32.2 Å². The van der Waals surface area contributed by atoms with Crippen LogP contribution in [0, 0.1) is 0 Å². The minimum absolute atomic E-state index is 0.733. The molecule has 2 rings (SSSR count). The van der Waals surface area contributed by atoms with Gasteiger partial charge in [0.1, 0.15) is 0 Å². The van der Waals surface area contributed by atoms with Crippen LogP contribution in [0.3, 0.4) is 0 Å². The Morgan fingerprint density at radius 2 is 2.12 bits per heavy atom. The van der Waals surface area contributed by atoms with E-state index in [2.05, 4.69) is 47.5 Å². The monoisotopic (exact) mass is 232 g/mol. The first-order valence-corrected chi connectivity index (χ1v) is 6.88. The van der Waals surface area contributed by atoms with Gasteiger partial charge >= 0.3 is 0 Å². The molecule has 1 heterocycles. The third-order valence-corrected chi connectivity index (χ3v) is 3.55. The predicted octanol–water partition coefficient (Wildman–Crippen LogP) is 2.30. The largest absolute Gasteiger partial charge is 0.313 e. The molecule has 0 amide bonds. The number of nitrogens with zero attached hydrogens (tertiary/aromatic N) is 1. The molecular formula is C15H24N2. The SMILES string of the molecule is CCNC1CCN(CCCc2ccccc2)C1. The van der Waals surface area contributed by atoms with Crippen LogP contribution in [0.25, 0.3) is 0 Å². The van der Waals surface area contributed by atoms with Crippen molar-refractivity contribution in [1.29, 1.82) is 0 Å². The van der Waals surface area contributed by atoms with Crippen molar-refractivity contribution in [3.05, 3.63) is 35.9 Å².